The third-order valence-corrected chi connectivity index (χ3v) is 5.49. The second kappa shape index (κ2) is 10.8. The fraction of sp³-hybridized carbons (Fsp3) is 0.458. The van der Waals surface area contributed by atoms with Gasteiger partial charge in [-0.3, -0.25) is 9.59 Å². The number of hydrogen-bond acceptors (Lipinski definition) is 6. The third kappa shape index (κ3) is 6.77. The maximum Gasteiger partial charge on any atom is 0.453 e. The van der Waals surface area contributed by atoms with E-state index in [1.165, 1.54) is 0 Å². The molecule has 8 nitrogen and oxygen atoms in total. The second-order valence-electron chi connectivity index (χ2n) is 8.73. The molecule has 0 radical (unpaired) electrons. The Balaban J connectivity index is 1.58. The van der Waals surface area contributed by atoms with Crippen molar-refractivity contribution in [3.8, 4) is 0 Å². The number of benzene rings is 1. The van der Waals surface area contributed by atoms with E-state index in [4.69, 9.17) is 4.74 Å². The molecule has 1 aromatic carbocycles. The number of halogens is 3. The predicted octanol–water partition coefficient (Wildman–Crippen LogP) is 4.14. The van der Waals surface area contributed by atoms with Gasteiger partial charge in [-0.1, -0.05) is 44.2 Å². The van der Waals surface area contributed by atoms with Gasteiger partial charge in [-0.15, -0.1) is 5.10 Å². The topological polar surface area (TPSA) is 98.5 Å². The SMILES string of the molecule is Cc1nc2nc(C(F)(F)F)nn2c(C)c1CCC(=O)OCC(=O)NC(CC(C)C)c1ccccc1. The molecule has 11 heteroatoms. The number of aromatic nitrogens is 4. The van der Waals surface area contributed by atoms with Crippen molar-refractivity contribution in [3.63, 3.8) is 0 Å². The highest BCUT2D eigenvalue weighted by molar-refractivity contribution is 5.81. The Morgan fingerprint density at radius 3 is 2.43 bits per heavy atom. The highest BCUT2D eigenvalue weighted by atomic mass is 19.4. The van der Waals surface area contributed by atoms with E-state index >= 15 is 0 Å². The van der Waals surface area contributed by atoms with E-state index in [9.17, 15) is 22.8 Å². The maximum atomic E-state index is 12.9. The van der Waals surface area contributed by atoms with Crippen LogP contribution in [0.5, 0.6) is 0 Å². The summed E-state index contributed by atoms with van der Waals surface area (Å²) in [6, 6.07) is 9.36. The number of fused-ring (bicyclic) bond motifs is 1. The zero-order valence-electron chi connectivity index (χ0n) is 20.0. The van der Waals surface area contributed by atoms with Crippen molar-refractivity contribution >= 4 is 17.7 Å². The van der Waals surface area contributed by atoms with Gasteiger partial charge in [0.25, 0.3) is 17.5 Å². The number of nitrogens with zero attached hydrogens (tertiary/aromatic N) is 4. The molecule has 35 heavy (non-hydrogen) atoms. The van der Waals surface area contributed by atoms with Gasteiger partial charge >= 0.3 is 12.1 Å². The van der Waals surface area contributed by atoms with Gasteiger partial charge in [0.15, 0.2) is 6.61 Å². The van der Waals surface area contributed by atoms with E-state index < -0.39 is 30.5 Å². The lowest BCUT2D eigenvalue weighted by Crippen LogP contribution is -2.33. The summed E-state index contributed by atoms with van der Waals surface area (Å²) in [6.45, 7) is 6.90. The minimum Gasteiger partial charge on any atom is -0.456 e. The molecular weight excluding hydrogens is 463 g/mol. The summed E-state index contributed by atoms with van der Waals surface area (Å²) in [5.41, 5.74) is 2.39. The summed E-state index contributed by atoms with van der Waals surface area (Å²) >= 11 is 0. The van der Waals surface area contributed by atoms with Crippen LogP contribution in [0.25, 0.3) is 5.78 Å². The smallest absolute Gasteiger partial charge is 0.453 e. The molecule has 0 spiro atoms. The number of aryl methyl sites for hydroxylation is 2. The molecule has 0 aliphatic carbocycles. The van der Waals surface area contributed by atoms with E-state index in [0.717, 1.165) is 16.5 Å². The number of alkyl halides is 3. The minimum atomic E-state index is -4.69. The van der Waals surface area contributed by atoms with Gasteiger partial charge in [0.2, 0.25) is 0 Å². The largest absolute Gasteiger partial charge is 0.456 e. The molecule has 0 aliphatic rings. The molecule has 2 heterocycles. The van der Waals surface area contributed by atoms with Gasteiger partial charge < -0.3 is 10.1 Å². The molecule has 188 valence electrons. The van der Waals surface area contributed by atoms with Gasteiger partial charge in [-0.05, 0) is 43.7 Å². The van der Waals surface area contributed by atoms with Crippen LogP contribution in [-0.2, 0) is 26.9 Å². The first-order chi connectivity index (χ1) is 16.5. The van der Waals surface area contributed by atoms with Gasteiger partial charge in [0, 0.05) is 17.8 Å². The summed E-state index contributed by atoms with van der Waals surface area (Å²) in [5, 5.41) is 6.40. The normalized spacial score (nSPS) is 12.7. The van der Waals surface area contributed by atoms with Crippen molar-refractivity contribution in [2.75, 3.05) is 6.61 Å². The Morgan fingerprint density at radius 2 is 1.80 bits per heavy atom. The lowest BCUT2D eigenvalue weighted by atomic mass is 9.97. The molecule has 1 N–H and O–H groups in total. The number of hydrogen-bond donors (Lipinski definition) is 1. The van der Waals surface area contributed by atoms with Crippen LogP contribution in [0.3, 0.4) is 0 Å². The Bertz CT molecular complexity index is 1190. The Kier molecular flexibility index (Phi) is 8.08. The second-order valence-corrected chi connectivity index (χ2v) is 8.73. The first-order valence-electron chi connectivity index (χ1n) is 11.3. The molecule has 3 rings (SSSR count). The van der Waals surface area contributed by atoms with E-state index in [1.54, 1.807) is 13.8 Å². The Labute approximate surface area is 200 Å². The van der Waals surface area contributed by atoms with E-state index in [0.29, 0.717) is 22.9 Å². The number of esters is 1. The first kappa shape index (κ1) is 26.1. The third-order valence-electron chi connectivity index (χ3n) is 5.49. The molecule has 0 aliphatic heterocycles. The van der Waals surface area contributed by atoms with E-state index in [-0.39, 0.29) is 24.7 Å². The molecule has 1 amide bonds. The monoisotopic (exact) mass is 491 g/mol. The van der Waals surface area contributed by atoms with Crippen molar-refractivity contribution in [1.29, 1.82) is 0 Å². The minimum absolute atomic E-state index is 0.0723. The van der Waals surface area contributed by atoms with Crippen LogP contribution in [0.4, 0.5) is 13.2 Å². The fourth-order valence-electron chi connectivity index (χ4n) is 3.81. The quantitative estimate of drug-likeness (QED) is 0.452. The molecule has 3 aromatic rings. The Morgan fingerprint density at radius 1 is 1.11 bits per heavy atom. The standard InChI is InChI=1S/C24H28F3N5O3/c1-14(2)12-19(17-8-6-5-7-9-17)29-20(33)13-35-21(34)11-10-18-15(3)28-23-30-22(24(25,26)27)31-32(23)16(18)4/h5-9,14,19H,10-13H2,1-4H3,(H,29,33). The van der Waals surface area contributed by atoms with Crippen molar-refractivity contribution in [2.45, 2.75) is 59.2 Å². The molecule has 0 saturated heterocycles. The van der Waals surface area contributed by atoms with E-state index in [1.807, 2.05) is 30.3 Å². The maximum absolute atomic E-state index is 12.9. The summed E-state index contributed by atoms with van der Waals surface area (Å²) < 4.78 is 45.0. The number of nitrogens with one attached hydrogen (secondary N) is 1. The van der Waals surface area contributed by atoms with Crippen LogP contribution in [0, 0.1) is 19.8 Å². The highest BCUT2D eigenvalue weighted by Crippen LogP contribution is 2.27. The number of carbonyl (C=O) groups is 2. The van der Waals surface area contributed by atoms with Crippen LogP contribution in [0.2, 0.25) is 0 Å². The van der Waals surface area contributed by atoms with Gasteiger partial charge in [0.1, 0.15) is 0 Å². The number of amides is 1. The average Bonchev–Trinajstić information content (AvgIpc) is 3.22. The molecule has 1 unspecified atom stereocenters. The highest BCUT2D eigenvalue weighted by Gasteiger charge is 2.37. The Hall–Kier alpha value is -3.50. The molecule has 1 atom stereocenters. The van der Waals surface area contributed by atoms with Crippen LogP contribution in [0.15, 0.2) is 30.3 Å². The zero-order valence-corrected chi connectivity index (χ0v) is 20.0. The molecule has 0 fully saturated rings. The van der Waals surface area contributed by atoms with Gasteiger partial charge in [-0.25, -0.2) is 9.50 Å². The van der Waals surface area contributed by atoms with Crippen molar-refractivity contribution in [2.24, 2.45) is 5.92 Å². The molecular formula is C24H28F3N5O3. The molecule has 0 saturated carbocycles. The molecule has 0 bridgehead atoms. The lowest BCUT2D eigenvalue weighted by Gasteiger charge is -2.21. The predicted molar refractivity (Wildman–Crippen MR) is 121 cm³/mol. The number of ether oxygens (including phenoxy) is 1. The number of carbonyl (C=O) groups excluding carboxylic acids is 2. The van der Waals surface area contributed by atoms with E-state index in [2.05, 4.69) is 34.2 Å². The first-order valence-corrected chi connectivity index (χ1v) is 11.3. The van der Waals surface area contributed by atoms with Gasteiger partial charge in [-0.2, -0.15) is 18.2 Å². The summed E-state index contributed by atoms with van der Waals surface area (Å²) in [4.78, 5) is 32.2. The van der Waals surface area contributed by atoms with Crippen LogP contribution < -0.4 is 5.32 Å². The lowest BCUT2D eigenvalue weighted by molar-refractivity contribution is -0.148. The van der Waals surface area contributed by atoms with Crippen molar-refractivity contribution in [1.82, 2.24) is 24.9 Å². The summed E-state index contributed by atoms with van der Waals surface area (Å²) in [5.74, 6) is -2.11. The van der Waals surface area contributed by atoms with Crippen molar-refractivity contribution < 1.29 is 27.5 Å². The fourth-order valence-corrected chi connectivity index (χ4v) is 3.81. The van der Waals surface area contributed by atoms with Gasteiger partial charge in [0.05, 0.1) is 6.04 Å². The van der Waals surface area contributed by atoms with Crippen molar-refractivity contribution in [3.05, 3.63) is 58.7 Å². The number of rotatable bonds is 9. The zero-order chi connectivity index (χ0) is 25.8. The molecule has 2 aromatic heterocycles. The average molecular weight is 492 g/mol. The summed E-state index contributed by atoms with van der Waals surface area (Å²) in [6.07, 6.45) is -3.86. The summed E-state index contributed by atoms with van der Waals surface area (Å²) in [7, 11) is 0. The van der Waals surface area contributed by atoms with Crippen LogP contribution in [-0.4, -0.2) is 38.1 Å². The van der Waals surface area contributed by atoms with Crippen LogP contribution >= 0.6 is 0 Å². The van der Waals surface area contributed by atoms with Crippen LogP contribution in [0.1, 0.15) is 61.1 Å².